The van der Waals surface area contributed by atoms with E-state index in [0.717, 1.165) is 24.2 Å². The first-order chi connectivity index (χ1) is 12.7. The zero-order valence-corrected chi connectivity index (χ0v) is 15.4. The third kappa shape index (κ3) is 3.99. The van der Waals surface area contributed by atoms with Crippen LogP contribution in [-0.2, 0) is 11.3 Å². The molecule has 0 radical (unpaired) electrons. The van der Waals surface area contributed by atoms with Crippen LogP contribution in [0.2, 0.25) is 0 Å². The molecule has 0 atom stereocenters. The van der Waals surface area contributed by atoms with E-state index in [1.54, 1.807) is 11.8 Å². The van der Waals surface area contributed by atoms with Crippen molar-refractivity contribution in [2.75, 3.05) is 4.90 Å². The molecule has 3 rings (SSSR count). The summed E-state index contributed by atoms with van der Waals surface area (Å²) < 4.78 is 2.30. The molecule has 0 aliphatic rings. The van der Waals surface area contributed by atoms with Gasteiger partial charge in [0.1, 0.15) is 6.54 Å². The highest BCUT2D eigenvalue weighted by Gasteiger charge is 2.12. The van der Waals surface area contributed by atoms with E-state index in [4.69, 9.17) is 0 Å². The van der Waals surface area contributed by atoms with Gasteiger partial charge in [0.05, 0.1) is 5.39 Å². The summed E-state index contributed by atoms with van der Waals surface area (Å²) in [5.41, 5.74) is 3.20. The van der Waals surface area contributed by atoms with Crippen molar-refractivity contribution in [1.82, 2.24) is 0 Å². The van der Waals surface area contributed by atoms with Gasteiger partial charge in [-0.2, -0.15) is 4.57 Å². The van der Waals surface area contributed by atoms with Gasteiger partial charge in [-0.05, 0) is 29.8 Å². The minimum absolute atomic E-state index is 0.00861. The van der Waals surface area contributed by atoms with Gasteiger partial charge in [-0.25, -0.2) is 0 Å². The van der Waals surface area contributed by atoms with E-state index in [1.165, 1.54) is 17.3 Å². The van der Waals surface area contributed by atoms with Crippen LogP contribution in [0.1, 0.15) is 32.3 Å². The summed E-state index contributed by atoms with van der Waals surface area (Å²) >= 11 is 0. The van der Waals surface area contributed by atoms with Crippen LogP contribution in [0.5, 0.6) is 0 Å². The molecule has 3 nitrogen and oxygen atoms in total. The number of carbonyl (C=O) groups is 1. The average Bonchev–Trinajstić information content (AvgIpc) is 2.67. The van der Waals surface area contributed by atoms with E-state index in [9.17, 15) is 4.79 Å². The third-order valence-corrected chi connectivity index (χ3v) is 4.49. The first kappa shape index (κ1) is 17.9. The van der Waals surface area contributed by atoms with Crippen LogP contribution in [0.15, 0.2) is 73.1 Å². The summed E-state index contributed by atoms with van der Waals surface area (Å²) in [5, 5.41) is 1.19. The van der Waals surface area contributed by atoms with E-state index in [1.807, 2.05) is 42.6 Å². The molecule has 3 aromatic rings. The molecule has 0 spiro atoms. The molecule has 0 aliphatic heterocycles. The van der Waals surface area contributed by atoms with Crippen molar-refractivity contribution in [3.63, 3.8) is 0 Å². The number of hydrogen-bond donors (Lipinski definition) is 0. The molecule has 1 aromatic heterocycles. The third-order valence-electron chi connectivity index (χ3n) is 4.49. The number of pyridine rings is 1. The van der Waals surface area contributed by atoms with Crippen LogP contribution >= 0.6 is 0 Å². The maximum absolute atomic E-state index is 12.1. The molecule has 3 heteroatoms. The molecule has 132 valence electrons. The lowest BCUT2D eigenvalue weighted by molar-refractivity contribution is -0.671. The molecule has 0 bridgehead atoms. The number of aryl methyl sites for hydroxylation is 1. The Morgan fingerprint density at radius 1 is 1.04 bits per heavy atom. The number of carbonyl (C=O) groups excluding carboxylic acids is 1. The Balaban J connectivity index is 1.97. The van der Waals surface area contributed by atoms with Crippen molar-refractivity contribution in [3.05, 3.63) is 78.6 Å². The van der Waals surface area contributed by atoms with Crippen molar-refractivity contribution in [2.45, 2.75) is 33.2 Å². The molecule has 0 saturated carbocycles. The van der Waals surface area contributed by atoms with Crippen molar-refractivity contribution in [3.8, 4) is 0 Å². The Labute approximate surface area is 155 Å². The van der Waals surface area contributed by atoms with E-state index >= 15 is 0 Å². The quantitative estimate of drug-likeness (QED) is 0.580. The van der Waals surface area contributed by atoms with Gasteiger partial charge in [-0.3, -0.25) is 9.69 Å². The summed E-state index contributed by atoms with van der Waals surface area (Å²) in [7, 11) is 0. The number of unbranched alkanes of at least 4 members (excludes halogenated alkanes) is 1. The SMILES string of the molecule is CCCC[n+]1ccc(C=CN(C(C)=O)c2ccccc2)c2ccccc21. The zero-order chi connectivity index (χ0) is 18.4. The van der Waals surface area contributed by atoms with Crippen molar-refractivity contribution in [1.29, 1.82) is 0 Å². The van der Waals surface area contributed by atoms with E-state index in [2.05, 4.69) is 48.0 Å². The molecule has 1 amide bonds. The summed E-state index contributed by atoms with van der Waals surface area (Å²) in [4.78, 5) is 13.7. The zero-order valence-electron chi connectivity index (χ0n) is 15.4. The number of aromatic nitrogens is 1. The normalized spacial score (nSPS) is 11.2. The van der Waals surface area contributed by atoms with Gasteiger partial charge in [0, 0.05) is 37.4 Å². The minimum Gasteiger partial charge on any atom is -0.288 e. The van der Waals surface area contributed by atoms with Crippen molar-refractivity contribution in [2.24, 2.45) is 0 Å². The number of anilines is 1. The monoisotopic (exact) mass is 345 g/mol. The number of hydrogen-bond acceptors (Lipinski definition) is 1. The fourth-order valence-electron chi connectivity index (χ4n) is 3.09. The van der Waals surface area contributed by atoms with Crippen LogP contribution < -0.4 is 9.47 Å². The maximum Gasteiger partial charge on any atom is 0.227 e. The van der Waals surface area contributed by atoms with Gasteiger partial charge in [-0.15, -0.1) is 0 Å². The Bertz CT molecular complexity index is 916. The first-order valence-electron chi connectivity index (χ1n) is 9.15. The predicted molar refractivity (Wildman–Crippen MR) is 108 cm³/mol. The smallest absolute Gasteiger partial charge is 0.227 e. The highest BCUT2D eigenvalue weighted by molar-refractivity contribution is 5.95. The number of para-hydroxylation sites is 2. The first-order valence-corrected chi connectivity index (χ1v) is 9.15. The lowest BCUT2D eigenvalue weighted by Crippen LogP contribution is -2.34. The summed E-state index contributed by atoms with van der Waals surface area (Å²) in [5.74, 6) is -0.00861. The number of amides is 1. The van der Waals surface area contributed by atoms with Gasteiger partial charge >= 0.3 is 0 Å². The predicted octanol–water partition coefficient (Wildman–Crippen LogP) is 4.95. The van der Waals surface area contributed by atoms with Crippen LogP contribution in [0.3, 0.4) is 0 Å². The van der Waals surface area contributed by atoms with Crippen LogP contribution in [0.25, 0.3) is 17.0 Å². The highest BCUT2D eigenvalue weighted by atomic mass is 16.2. The molecule has 26 heavy (non-hydrogen) atoms. The molecule has 0 saturated heterocycles. The maximum atomic E-state index is 12.1. The number of nitrogens with zero attached hydrogens (tertiary/aromatic N) is 2. The molecule has 0 unspecified atom stereocenters. The number of fused-ring (bicyclic) bond motifs is 1. The topological polar surface area (TPSA) is 24.2 Å². The minimum atomic E-state index is -0.00861. The van der Waals surface area contributed by atoms with E-state index < -0.39 is 0 Å². The molecule has 0 N–H and O–H groups in total. The van der Waals surface area contributed by atoms with E-state index in [-0.39, 0.29) is 5.91 Å². The Morgan fingerprint density at radius 3 is 2.50 bits per heavy atom. The number of benzene rings is 2. The largest absolute Gasteiger partial charge is 0.288 e. The Morgan fingerprint density at radius 2 is 1.77 bits per heavy atom. The summed E-state index contributed by atoms with van der Waals surface area (Å²) in [6.07, 6.45) is 8.35. The molecule has 1 heterocycles. The molecule has 2 aromatic carbocycles. The van der Waals surface area contributed by atoms with Crippen LogP contribution in [-0.4, -0.2) is 5.91 Å². The van der Waals surface area contributed by atoms with E-state index in [0.29, 0.717) is 0 Å². The Hall–Kier alpha value is -2.94. The standard InChI is InChI=1S/C23H25N2O/c1-3-4-16-24-17-14-20(22-12-8-9-13-23(22)24)15-18-25(19(2)26)21-10-6-5-7-11-21/h5-15,17-18H,3-4,16H2,1-2H3/q+1. The summed E-state index contributed by atoms with van der Waals surface area (Å²) in [6, 6.07) is 20.2. The lowest BCUT2D eigenvalue weighted by Gasteiger charge is -2.16. The lowest BCUT2D eigenvalue weighted by atomic mass is 10.1. The fourth-order valence-corrected chi connectivity index (χ4v) is 3.09. The molecular formula is C23H25N2O+. The fraction of sp³-hybridized carbons (Fsp3) is 0.217. The second kappa shape index (κ2) is 8.43. The van der Waals surface area contributed by atoms with Gasteiger partial charge < -0.3 is 0 Å². The van der Waals surface area contributed by atoms with Crippen LogP contribution in [0, 0.1) is 0 Å². The second-order valence-electron chi connectivity index (χ2n) is 6.38. The van der Waals surface area contributed by atoms with Crippen LogP contribution in [0.4, 0.5) is 5.69 Å². The van der Waals surface area contributed by atoms with Crippen molar-refractivity contribution >= 4 is 28.6 Å². The second-order valence-corrected chi connectivity index (χ2v) is 6.38. The summed E-state index contributed by atoms with van der Waals surface area (Å²) in [6.45, 7) is 4.81. The van der Waals surface area contributed by atoms with Crippen molar-refractivity contribution < 1.29 is 9.36 Å². The molecule has 0 fully saturated rings. The average molecular weight is 345 g/mol. The van der Waals surface area contributed by atoms with Gasteiger partial charge in [0.15, 0.2) is 6.20 Å². The molecule has 0 aliphatic carbocycles. The highest BCUT2D eigenvalue weighted by Crippen LogP contribution is 2.19. The Kier molecular flexibility index (Phi) is 5.80. The molecular weight excluding hydrogens is 320 g/mol. The van der Waals surface area contributed by atoms with Gasteiger partial charge in [0.2, 0.25) is 11.4 Å². The van der Waals surface area contributed by atoms with Gasteiger partial charge in [-0.1, -0.05) is 43.7 Å². The van der Waals surface area contributed by atoms with Gasteiger partial charge in [0.25, 0.3) is 0 Å². The number of rotatable bonds is 6.